The molecular formula is C11H19NO2. The van der Waals surface area contributed by atoms with Crippen LogP contribution in [0.3, 0.4) is 0 Å². The Hall–Kier alpha value is -0.830. The molecule has 80 valence electrons. The van der Waals surface area contributed by atoms with E-state index in [1.54, 1.807) is 0 Å². The van der Waals surface area contributed by atoms with Gasteiger partial charge >= 0.3 is 0 Å². The van der Waals surface area contributed by atoms with Crippen LogP contribution in [-0.4, -0.2) is 18.9 Å². The number of nitrogens with two attached hydrogens (primary N) is 1. The van der Waals surface area contributed by atoms with E-state index in [9.17, 15) is 4.79 Å². The van der Waals surface area contributed by atoms with Gasteiger partial charge in [-0.2, -0.15) is 0 Å². The minimum Gasteiger partial charge on any atom is -0.490 e. The van der Waals surface area contributed by atoms with Gasteiger partial charge in [0.15, 0.2) is 11.5 Å². The Labute approximate surface area is 85.3 Å². The summed E-state index contributed by atoms with van der Waals surface area (Å²) in [6.45, 7) is 3.31. The summed E-state index contributed by atoms with van der Waals surface area (Å²) in [5.74, 6) is 0.971. The number of rotatable bonds is 5. The second kappa shape index (κ2) is 5.81. The SMILES string of the molecule is CCC(CN)CC(=O)C1=CCCCO1. The Bertz CT molecular complexity index is 219. The first-order chi connectivity index (χ1) is 6.77. The second-order valence-corrected chi connectivity index (χ2v) is 3.70. The molecule has 0 amide bonds. The van der Waals surface area contributed by atoms with E-state index in [0.29, 0.717) is 31.2 Å². The van der Waals surface area contributed by atoms with E-state index in [2.05, 4.69) is 6.92 Å². The molecule has 0 spiro atoms. The number of ether oxygens (including phenoxy) is 1. The van der Waals surface area contributed by atoms with Crippen LogP contribution < -0.4 is 5.73 Å². The van der Waals surface area contributed by atoms with Crippen LogP contribution in [0.25, 0.3) is 0 Å². The van der Waals surface area contributed by atoms with Crippen LogP contribution in [0.2, 0.25) is 0 Å². The predicted molar refractivity (Wildman–Crippen MR) is 55.7 cm³/mol. The van der Waals surface area contributed by atoms with Crippen LogP contribution >= 0.6 is 0 Å². The highest BCUT2D eigenvalue weighted by molar-refractivity contribution is 5.93. The molecule has 0 saturated heterocycles. The van der Waals surface area contributed by atoms with Crippen molar-refractivity contribution in [2.24, 2.45) is 11.7 Å². The van der Waals surface area contributed by atoms with Gasteiger partial charge in [-0.15, -0.1) is 0 Å². The lowest BCUT2D eigenvalue weighted by molar-refractivity contribution is -0.120. The molecule has 0 aromatic heterocycles. The van der Waals surface area contributed by atoms with Gasteiger partial charge in [-0.3, -0.25) is 4.79 Å². The van der Waals surface area contributed by atoms with Gasteiger partial charge in [0.1, 0.15) is 0 Å². The van der Waals surface area contributed by atoms with E-state index in [1.165, 1.54) is 0 Å². The Morgan fingerprint density at radius 3 is 3.00 bits per heavy atom. The molecule has 1 aliphatic heterocycles. The number of ketones is 1. The molecule has 2 N–H and O–H groups in total. The number of hydrogen-bond acceptors (Lipinski definition) is 3. The first-order valence-electron chi connectivity index (χ1n) is 5.34. The molecule has 0 bridgehead atoms. The maximum absolute atomic E-state index is 11.7. The highest BCUT2D eigenvalue weighted by Gasteiger charge is 2.17. The fourth-order valence-electron chi connectivity index (χ4n) is 1.51. The Balaban J connectivity index is 2.44. The Kier molecular flexibility index (Phi) is 4.66. The molecule has 0 radical (unpaired) electrons. The monoisotopic (exact) mass is 197 g/mol. The number of allylic oxidation sites excluding steroid dienone is 2. The third kappa shape index (κ3) is 3.14. The average Bonchev–Trinajstić information content (AvgIpc) is 2.26. The minimum absolute atomic E-state index is 0.113. The molecule has 3 nitrogen and oxygen atoms in total. The van der Waals surface area contributed by atoms with Gasteiger partial charge in [0.2, 0.25) is 0 Å². The third-order valence-corrected chi connectivity index (χ3v) is 2.60. The van der Waals surface area contributed by atoms with Gasteiger partial charge in [-0.1, -0.05) is 13.3 Å². The smallest absolute Gasteiger partial charge is 0.197 e. The molecule has 0 aliphatic carbocycles. The van der Waals surface area contributed by atoms with Crippen molar-refractivity contribution in [1.82, 2.24) is 0 Å². The summed E-state index contributed by atoms with van der Waals surface area (Å²) in [6.07, 6.45) is 5.36. The van der Waals surface area contributed by atoms with Crippen molar-refractivity contribution >= 4 is 5.78 Å². The summed E-state index contributed by atoms with van der Waals surface area (Å²) in [6, 6.07) is 0. The normalized spacial score (nSPS) is 18.3. The molecule has 1 atom stereocenters. The average molecular weight is 197 g/mol. The van der Waals surface area contributed by atoms with Crippen molar-refractivity contribution in [2.45, 2.75) is 32.6 Å². The predicted octanol–water partition coefficient (Wildman–Crippen LogP) is 1.62. The second-order valence-electron chi connectivity index (χ2n) is 3.70. The minimum atomic E-state index is 0.113. The summed E-state index contributed by atoms with van der Waals surface area (Å²) in [4.78, 5) is 11.7. The molecule has 0 aromatic rings. The molecule has 0 fully saturated rings. The molecule has 1 unspecified atom stereocenters. The van der Waals surface area contributed by atoms with Gasteiger partial charge < -0.3 is 10.5 Å². The molecule has 0 aromatic carbocycles. The van der Waals surface area contributed by atoms with Crippen molar-refractivity contribution in [2.75, 3.05) is 13.2 Å². The van der Waals surface area contributed by atoms with Gasteiger partial charge in [0, 0.05) is 6.42 Å². The Morgan fingerprint density at radius 2 is 2.50 bits per heavy atom. The van der Waals surface area contributed by atoms with Gasteiger partial charge in [-0.05, 0) is 31.4 Å². The van der Waals surface area contributed by atoms with Crippen LogP contribution in [0.4, 0.5) is 0 Å². The molecule has 1 heterocycles. The molecule has 1 aliphatic rings. The lowest BCUT2D eigenvalue weighted by Gasteiger charge is -2.16. The summed E-state index contributed by atoms with van der Waals surface area (Å²) >= 11 is 0. The zero-order valence-corrected chi connectivity index (χ0v) is 8.79. The summed E-state index contributed by atoms with van der Waals surface area (Å²) in [7, 11) is 0. The van der Waals surface area contributed by atoms with Gasteiger partial charge in [0.25, 0.3) is 0 Å². The van der Waals surface area contributed by atoms with Crippen molar-refractivity contribution in [3.05, 3.63) is 11.8 Å². The molecular weight excluding hydrogens is 178 g/mol. The molecule has 3 heteroatoms. The van der Waals surface area contributed by atoms with Crippen molar-refractivity contribution in [3.8, 4) is 0 Å². The fraction of sp³-hybridized carbons (Fsp3) is 0.727. The lowest BCUT2D eigenvalue weighted by Crippen LogP contribution is -2.20. The van der Waals surface area contributed by atoms with Gasteiger partial charge in [0.05, 0.1) is 6.61 Å². The topological polar surface area (TPSA) is 52.3 Å². The summed E-state index contributed by atoms with van der Waals surface area (Å²) < 4.78 is 5.30. The van der Waals surface area contributed by atoms with Crippen LogP contribution in [-0.2, 0) is 9.53 Å². The largest absolute Gasteiger partial charge is 0.490 e. The number of carbonyl (C=O) groups excluding carboxylic acids is 1. The van der Waals surface area contributed by atoms with E-state index >= 15 is 0 Å². The Morgan fingerprint density at radius 1 is 1.71 bits per heavy atom. The first kappa shape index (κ1) is 11.2. The zero-order valence-electron chi connectivity index (χ0n) is 8.79. The zero-order chi connectivity index (χ0) is 10.4. The van der Waals surface area contributed by atoms with E-state index in [-0.39, 0.29) is 5.78 Å². The number of carbonyl (C=O) groups is 1. The van der Waals surface area contributed by atoms with Crippen molar-refractivity contribution < 1.29 is 9.53 Å². The van der Waals surface area contributed by atoms with Crippen molar-refractivity contribution in [3.63, 3.8) is 0 Å². The van der Waals surface area contributed by atoms with Crippen LogP contribution in [0.15, 0.2) is 11.8 Å². The first-order valence-corrected chi connectivity index (χ1v) is 5.34. The maximum Gasteiger partial charge on any atom is 0.197 e. The third-order valence-electron chi connectivity index (χ3n) is 2.60. The molecule has 14 heavy (non-hydrogen) atoms. The molecule has 0 saturated carbocycles. The van der Waals surface area contributed by atoms with E-state index in [1.807, 2.05) is 6.08 Å². The standard InChI is InChI=1S/C11H19NO2/c1-2-9(8-12)7-10(13)11-5-3-4-6-14-11/h5,9H,2-4,6-8,12H2,1H3. The molecule has 1 rings (SSSR count). The fourth-order valence-corrected chi connectivity index (χ4v) is 1.51. The highest BCUT2D eigenvalue weighted by atomic mass is 16.5. The van der Waals surface area contributed by atoms with Crippen LogP contribution in [0.5, 0.6) is 0 Å². The quantitative estimate of drug-likeness (QED) is 0.728. The highest BCUT2D eigenvalue weighted by Crippen LogP contribution is 2.16. The van der Waals surface area contributed by atoms with Crippen LogP contribution in [0, 0.1) is 5.92 Å². The summed E-state index contributed by atoms with van der Waals surface area (Å²) in [5, 5.41) is 0. The van der Waals surface area contributed by atoms with Crippen molar-refractivity contribution in [1.29, 1.82) is 0 Å². The maximum atomic E-state index is 11.7. The van der Waals surface area contributed by atoms with E-state index in [4.69, 9.17) is 10.5 Å². The summed E-state index contributed by atoms with van der Waals surface area (Å²) in [5.41, 5.74) is 5.55. The number of hydrogen-bond donors (Lipinski definition) is 1. The van der Waals surface area contributed by atoms with E-state index in [0.717, 1.165) is 19.3 Å². The van der Waals surface area contributed by atoms with Crippen LogP contribution in [0.1, 0.15) is 32.6 Å². The van der Waals surface area contributed by atoms with E-state index < -0.39 is 0 Å². The van der Waals surface area contributed by atoms with Gasteiger partial charge in [-0.25, -0.2) is 0 Å². The lowest BCUT2D eigenvalue weighted by atomic mass is 9.98. The number of Topliss-reactive ketones (excluding diaryl/α,β-unsaturated/α-hetero) is 1.